The van der Waals surface area contributed by atoms with Gasteiger partial charge in [-0.05, 0) is 24.3 Å². The van der Waals surface area contributed by atoms with Crippen molar-refractivity contribution in [2.24, 2.45) is 0 Å². The van der Waals surface area contributed by atoms with Gasteiger partial charge in [0.05, 0.1) is 21.7 Å². The van der Waals surface area contributed by atoms with Gasteiger partial charge in [-0.3, -0.25) is 29.4 Å². The number of nitro benzene ring substituents is 1. The van der Waals surface area contributed by atoms with Crippen LogP contribution in [0.2, 0.25) is 5.02 Å². The van der Waals surface area contributed by atoms with E-state index in [1.807, 2.05) is 0 Å². The van der Waals surface area contributed by atoms with Crippen molar-refractivity contribution in [1.29, 1.82) is 0 Å². The molecule has 0 unspecified atom stereocenters. The fourth-order valence-corrected chi connectivity index (χ4v) is 2.63. The van der Waals surface area contributed by atoms with Gasteiger partial charge in [0.2, 0.25) is 5.91 Å². The Balaban J connectivity index is 1.79. The van der Waals surface area contributed by atoms with E-state index in [-0.39, 0.29) is 27.5 Å². The normalized spacial score (nSPS) is 12.9. The van der Waals surface area contributed by atoms with Crippen LogP contribution < -0.4 is 5.32 Å². The maximum Gasteiger partial charge on any atom is 0.270 e. The first kappa shape index (κ1) is 17.5. The quantitative estimate of drug-likeness (QED) is 0.500. The van der Waals surface area contributed by atoms with Gasteiger partial charge >= 0.3 is 0 Å². The van der Waals surface area contributed by atoms with Gasteiger partial charge in [0.15, 0.2) is 0 Å². The summed E-state index contributed by atoms with van der Waals surface area (Å²) >= 11 is 5.73. The van der Waals surface area contributed by atoms with Crippen molar-refractivity contribution >= 4 is 40.7 Å². The molecule has 8 nitrogen and oxygen atoms in total. The first-order chi connectivity index (χ1) is 12.3. The molecule has 2 aromatic carbocycles. The molecule has 1 heterocycles. The van der Waals surface area contributed by atoms with Crippen LogP contribution >= 0.6 is 11.6 Å². The smallest absolute Gasteiger partial charge is 0.270 e. The van der Waals surface area contributed by atoms with E-state index in [1.165, 1.54) is 12.1 Å². The standard InChI is InChI=1S/C16H9ClFN3O5/c17-8-1-4-12(18)13(5-8)19-14(22)7-20-15(23)10-3-2-9(21(25)26)6-11(10)16(20)24/h1-6H,7H2,(H,19,22). The zero-order valence-corrected chi connectivity index (χ0v) is 13.6. The van der Waals surface area contributed by atoms with E-state index in [9.17, 15) is 28.9 Å². The second-order valence-electron chi connectivity index (χ2n) is 5.36. The largest absolute Gasteiger partial charge is 0.322 e. The molecule has 1 aliphatic rings. The molecule has 10 heteroatoms. The Hall–Kier alpha value is -3.33. The number of hydrogen-bond acceptors (Lipinski definition) is 5. The molecule has 0 saturated carbocycles. The van der Waals surface area contributed by atoms with Gasteiger partial charge in [-0.15, -0.1) is 0 Å². The Bertz CT molecular complexity index is 978. The number of fused-ring (bicyclic) bond motifs is 1. The molecule has 3 rings (SSSR count). The zero-order chi connectivity index (χ0) is 19.0. The average Bonchev–Trinajstić information content (AvgIpc) is 2.82. The summed E-state index contributed by atoms with van der Waals surface area (Å²) in [5, 5.41) is 13.2. The minimum absolute atomic E-state index is 0.0395. The fourth-order valence-electron chi connectivity index (χ4n) is 2.46. The van der Waals surface area contributed by atoms with Crippen molar-refractivity contribution in [3.8, 4) is 0 Å². The summed E-state index contributed by atoms with van der Waals surface area (Å²) in [5.41, 5.74) is -0.750. The van der Waals surface area contributed by atoms with Crippen molar-refractivity contribution in [3.63, 3.8) is 0 Å². The lowest BCUT2D eigenvalue weighted by Gasteiger charge is -2.14. The maximum absolute atomic E-state index is 13.6. The number of carbonyl (C=O) groups excluding carboxylic acids is 3. The molecule has 1 aliphatic heterocycles. The van der Waals surface area contributed by atoms with Crippen LogP contribution in [0.3, 0.4) is 0 Å². The van der Waals surface area contributed by atoms with Crippen LogP contribution in [0.25, 0.3) is 0 Å². The molecule has 2 aromatic rings. The van der Waals surface area contributed by atoms with Crippen molar-refractivity contribution in [2.75, 3.05) is 11.9 Å². The van der Waals surface area contributed by atoms with Gasteiger partial charge in [-0.1, -0.05) is 11.6 Å². The van der Waals surface area contributed by atoms with Crippen LogP contribution in [0.15, 0.2) is 36.4 Å². The molecule has 0 aromatic heterocycles. The molecule has 0 fully saturated rings. The molecule has 3 amide bonds. The number of anilines is 1. The number of non-ortho nitro benzene ring substituents is 1. The van der Waals surface area contributed by atoms with E-state index in [1.54, 1.807) is 0 Å². The molecule has 0 radical (unpaired) electrons. The van der Waals surface area contributed by atoms with Crippen molar-refractivity contribution < 1.29 is 23.7 Å². The average molecular weight is 378 g/mol. The Kier molecular flexibility index (Phi) is 4.39. The number of rotatable bonds is 4. The van der Waals surface area contributed by atoms with E-state index >= 15 is 0 Å². The third-order valence-corrected chi connectivity index (χ3v) is 3.90. The van der Waals surface area contributed by atoms with Crippen LogP contribution in [-0.4, -0.2) is 34.1 Å². The minimum atomic E-state index is -0.838. The van der Waals surface area contributed by atoms with Crippen LogP contribution in [0.5, 0.6) is 0 Å². The Morgan fingerprint density at radius 1 is 1.15 bits per heavy atom. The summed E-state index contributed by atoms with van der Waals surface area (Å²) in [7, 11) is 0. The van der Waals surface area contributed by atoms with Gasteiger partial charge in [-0.25, -0.2) is 4.39 Å². The lowest BCUT2D eigenvalue weighted by molar-refractivity contribution is -0.384. The monoisotopic (exact) mass is 377 g/mol. The summed E-state index contributed by atoms with van der Waals surface area (Å²) in [6, 6.07) is 6.75. The van der Waals surface area contributed by atoms with E-state index < -0.39 is 35.0 Å². The van der Waals surface area contributed by atoms with Crippen LogP contribution in [0.1, 0.15) is 20.7 Å². The van der Waals surface area contributed by atoms with Crippen molar-refractivity contribution in [3.05, 3.63) is 68.5 Å². The highest BCUT2D eigenvalue weighted by molar-refractivity contribution is 6.31. The Labute approximate surface area is 150 Å². The molecule has 0 aliphatic carbocycles. The number of nitro groups is 1. The summed E-state index contributed by atoms with van der Waals surface area (Å²) in [5.74, 6) is -3.16. The highest BCUT2D eigenvalue weighted by atomic mass is 35.5. The van der Waals surface area contributed by atoms with Gasteiger partial charge in [0.25, 0.3) is 17.5 Å². The second kappa shape index (κ2) is 6.52. The zero-order valence-electron chi connectivity index (χ0n) is 12.9. The van der Waals surface area contributed by atoms with Gasteiger partial charge in [0.1, 0.15) is 12.4 Å². The van der Waals surface area contributed by atoms with Crippen molar-refractivity contribution in [1.82, 2.24) is 4.90 Å². The highest BCUT2D eigenvalue weighted by Gasteiger charge is 2.37. The number of benzene rings is 2. The molecule has 1 N–H and O–H groups in total. The molecule has 0 atom stereocenters. The number of carbonyl (C=O) groups is 3. The molecule has 132 valence electrons. The third kappa shape index (κ3) is 3.11. The predicted octanol–water partition coefficient (Wildman–Crippen LogP) is 2.62. The van der Waals surface area contributed by atoms with E-state index in [0.29, 0.717) is 4.90 Å². The van der Waals surface area contributed by atoms with E-state index in [2.05, 4.69) is 5.32 Å². The molecular weight excluding hydrogens is 369 g/mol. The summed E-state index contributed by atoms with van der Waals surface area (Å²) in [6.45, 7) is -0.675. The minimum Gasteiger partial charge on any atom is -0.322 e. The lowest BCUT2D eigenvalue weighted by Crippen LogP contribution is -2.37. The summed E-state index contributed by atoms with van der Waals surface area (Å²) in [6.07, 6.45) is 0. The number of amides is 3. The van der Waals surface area contributed by atoms with E-state index in [0.717, 1.165) is 24.3 Å². The first-order valence-electron chi connectivity index (χ1n) is 7.17. The third-order valence-electron chi connectivity index (χ3n) is 3.67. The molecule has 26 heavy (non-hydrogen) atoms. The van der Waals surface area contributed by atoms with Gasteiger partial charge in [0, 0.05) is 17.2 Å². The molecular formula is C16H9ClFN3O5. The molecule has 0 bridgehead atoms. The number of nitrogens with zero attached hydrogens (tertiary/aromatic N) is 2. The van der Waals surface area contributed by atoms with E-state index in [4.69, 9.17) is 11.6 Å². The molecule has 0 spiro atoms. The number of imide groups is 1. The summed E-state index contributed by atoms with van der Waals surface area (Å²) < 4.78 is 13.6. The number of hydrogen-bond donors (Lipinski definition) is 1. The topological polar surface area (TPSA) is 110 Å². The van der Waals surface area contributed by atoms with Crippen LogP contribution in [0, 0.1) is 15.9 Å². The van der Waals surface area contributed by atoms with Gasteiger partial charge < -0.3 is 5.32 Å². The Morgan fingerprint density at radius 3 is 2.54 bits per heavy atom. The number of nitrogens with one attached hydrogen (secondary N) is 1. The SMILES string of the molecule is O=C(CN1C(=O)c2ccc([N+](=O)[O-])cc2C1=O)Nc1cc(Cl)ccc1F. The second-order valence-corrected chi connectivity index (χ2v) is 5.79. The van der Waals surface area contributed by atoms with Crippen molar-refractivity contribution in [2.45, 2.75) is 0 Å². The number of halogens is 2. The first-order valence-corrected chi connectivity index (χ1v) is 7.55. The van der Waals surface area contributed by atoms with Crippen LogP contribution in [-0.2, 0) is 4.79 Å². The summed E-state index contributed by atoms with van der Waals surface area (Å²) in [4.78, 5) is 47.4. The Morgan fingerprint density at radius 2 is 1.85 bits per heavy atom. The van der Waals surface area contributed by atoms with Crippen LogP contribution in [0.4, 0.5) is 15.8 Å². The fraction of sp³-hybridized carbons (Fsp3) is 0.0625. The van der Waals surface area contributed by atoms with Gasteiger partial charge in [-0.2, -0.15) is 0 Å². The lowest BCUT2D eigenvalue weighted by atomic mass is 10.1. The highest BCUT2D eigenvalue weighted by Crippen LogP contribution is 2.27. The molecule has 0 saturated heterocycles. The predicted molar refractivity (Wildman–Crippen MR) is 88.5 cm³/mol. The maximum atomic E-state index is 13.6.